The average Bonchev–Trinajstić information content (AvgIpc) is 2.15. The zero-order valence-corrected chi connectivity index (χ0v) is 8.60. The zero-order chi connectivity index (χ0) is 12.6. The van der Waals surface area contributed by atoms with E-state index < -0.39 is 23.9 Å². The van der Waals surface area contributed by atoms with E-state index in [0.717, 1.165) is 0 Å². The Morgan fingerprint density at radius 1 is 1.25 bits per heavy atom. The van der Waals surface area contributed by atoms with E-state index in [1.165, 1.54) is 0 Å². The van der Waals surface area contributed by atoms with Crippen LogP contribution in [0.4, 0.5) is 0 Å². The summed E-state index contributed by atoms with van der Waals surface area (Å²) in [7, 11) is 0. The lowest BCUT2D eigenvalue weighted by atomic mass is 10.3. The number of aliphatic carboxylic acids is 2. The van der Waals surface area contributed by atoms with Gasteiger partial charge >= 0.3 is 11.9 Å². The fourth-order valence-corrected chi connectivity index (χ4v) is 0.912. The zero-order valence-electron chi connectivity index (χ0n) is 8.60. The van der Waals surface area contributed by atoms with Gasteiger partial charge in [0.15, 0.2) is 0 Å². The Hall–Kier alpha value is -1.67. The number of amides is 1. The van der Waals surface area contributed by atoms with Crippen molar-refractivity contribution in [3.05, 3.63) is 0 Å². The third-order valence-electron chi connectivity index (χ3n) is 1.68. The average molecular weight is 233 g/mol. The molecule has 16 heavy (non-hydrogen) atoms. The van der Waals surface area contributed by atoms with Crippen LogP contribution in [0.1, 0.15) is 6.42 Å². The van der Waals surface area contributed by atoms with E-state index in [1.54, 1.807) is 0 Å². The summed E-state index contributed by atoms with van der Waals surface area (Å²) in [5.41, 5.74) is 4.84. The number of rotatable bonds is 9. The van der Waals surface area contributed by atoms with E-state index in [-0.39, 0.29) is 26.1 Å². The first-order valence-electron chi connectivity index (χ1n) is 4.60. The van der Waals surface area contributed by atoms with Crippen LogP contribution in [-0.4, -0.2) is 53.7 Å². The molecule has 6 N–H and O–H groups in total. The fourth-order valence-electron chi connectivity index (χ4n) is 0.912. The highest BCUT2D eigenvalue weighted by Gasteiger charge is 2.16. The summed E-state index contributed by atoms with van der Waals surface area (Å²) >= 11 is 0. The monoisotopic (exact) mass is 233 g/mol. The van der Waals surface area contributed by atoms with Crippen molar-refractivity contribution >= 4 is 17.8 Å². The Balaban J connectivity index is 3.81. The van der Waals surface area contributed by atoms with Crippen molar-refractivity contribution in [1.82, 2.24) is 10.6 Å². The molecule has 0 radical (unpaired) electrons. The number of carbonyl (C=O) groups excluding carboxylic acids is 1. The van der Waals surface area contributed by atoms with Gasteiger partial charge < -0.3 is 21.3 Å². The molecule has 0 aromatic rings. The standard InChI is InChI=1S/C8H15N3O5/c9-6(12)4-11-5(8(15)16)3-10-2-1-7(13)14/h5,10-11H,1-4H2,(H2,9,12)(H,13,14)(H,15,16). The maximum Gasteiger partial charge on any atom is 0.322 e. The maximum atomic E-state index is 10.7. The fraction of sp³-hybridized carbons (Fsp3) is 0.625. The maximum absolute atomic E-state index is 10.7. The molecular formula is C8H15N3O5. The Kier molecular flexibility index (Phi) is 6.81. The molecule has 1 unspecified atom stereocenters. The molecule has 0 saturated heterocycles. The predicted octanol–water partition coefficient (Wildman–Crippen LogP) is -2.42. The number of carboxylic acids is 2. The SMILES string of the molecule is NC(=O)CNC(CNCCC(=O)O)C(=O)O. The molecule has 1 atom stereocenters. The smallest absolute Gasteiger partial charge is 0.322 e. The Morgan fingerprint density at radius 3 is 2.31 bits per heavy atom. The molecule has 1 amide bonds. The number of hydrogen-bond acceptors (Lipinski definition) is 5. The van der Waals surface area contributed by atoms with Crippen LogP contribution in [0.3, 0.4) is 0 Å². The lowest BCUT2D eigenvalue weighted by Crippen LogP contribution is -2.47. The molecular weight excluding hydrogens is 218 g/mol. The van der Waals surface area contributed by atoms with Crippen molar-refractivity contribution in [3.63, 3.8) is 0 Å². The second kappa shape index (κ2) is 7.60. The van der Waals surface area contributed by atoms with Gasteiger partial charge in [0.1, 0.15) is 6.04 Å². The highest BCUT2D eigenvalue weighted by Crippen LogP contribution is 1.83. The van der Waals surface area contributed by atoms with Crippen LogP contribution in [0, 0.1) is 0 Å². The van der Waals surface area contributed by atoms with Crippen LogP contribution in [0.2, 0.25) is 0 Å². The van der Waals surface area contributed by atoms with Gasteiger partial charge in [0.05, 0.1) is 13.0 Å². The van der Waals surface area contributed by atoms with Gasteiger partial charge in [-0.25, -0.2) is 0 Å². The summed E-state index contributed by atoms with van der Waals surface area (Å²) in [5, 5.41) is 22.1. The van der Waals surface area contributed by atoms with E-state index in [2.05, 4.69) is 10.6 Å². The number of carbonyl (C=O) groups is 3. The Bertz CT molecular complexity index is 268. The largest absolute Gasteiger partial charge is 0.481 e. The first-order valence-corrected chi connectivity index (χ1v) is 4.60. The van der Waals surface area contributed by atoms with Crippen molar-refractivity contribution in [2.24, 2.45) is 5.73 Å². The van der Waals surface area contributed by atoms with Gasteiger partial charge in [-0.3, -0.25) is 19.7 Å². The Labute approximate surface area is 91.8 Å². The molecule has 0 rings (SSSR count). The number of nitrogens with one attached hydrogen (secondary N) is 2. The molecule has 0 aliphatic heterocycles. The van der Waals surface area contributed by atoms with Gasteiger partial charge in [0.25, 0.3) is 0 Å². The van der Waals surface area contributed by atoms with Crippen LogP contribution < -0.4 is 16.4 Å². The van der Waals surface area contributed by atoms with Gasteiger partial charge in [-0.15, -0.1) is 0 Å². The molecule has 0 bridgehead atoms. The lowest BCUT2D eigenvalue weighted by Gasteiger charge is -2.13. The third-order valence-corrected chi connectivity index (χ3v) is 1.68. The number of hydrogen-bond donors (Lipinski definition) is 5. The van der Waals surface area contributed by atoms with Gasteiger partial charge in [0.2, 0.25) is 5.91 Å². The van der Waals surface area contributed by atoms with E-state index in [1.807, 2.05) is 0 Å². The summed E-state index contributed by atoms with van der Waals surface area (Å²) in [6, 6.07) is -0.971. The Morgan fingerprint density at radius 2 is 1.88 bits per heavy atom. The first kappa shape index (κ1) is 14.3. The van der Waals surface area contributed by atoms with Crippen molar-refractivity contribution in [3.8, 4) is 0 Å². The van der Waals surface area contributed by atoms with Crippen LogP contribution in [0.5, 0.6) is 0 Å². The summed E-state index contributed by atoms with van der Waals surface area (Å²) in [4.78, 5) is 31.2. The molecule has 0 spiro atoms. The number of carboxylic acid groups (broad SMARTS) is 2. The minimum absolute atomic E-state index is 0.0237. The molecule has 8 heteroatoms. The van der Waals surface area contributed by atoms with E-state index in [0.29, 0.717) is 0 Å². The van der Waals surface area contributed by atoms with Crippen molar-refractivity contribution < 1.29 is 24.6 Å². The molecule has 0 saturated carbocycles. The van der Waals surface area contributed by atoms with Gasteiger partial charge in [0, 0.05) is 13.1 Å². The van der Waals surface area contributed by atoms with E-state index in [9.17, 15) is 14.4 Å². The quantitative estimate of drug-likeness (QED) is 0.279. The lowest BCUT2D eigenvalue weighted by molar-refractivity contribution is -0.139. The normalized spacial score (nSPS) is 12.0. The summed E-state index contributed by atoms with van der Waals surface area (Å²) in [6.45, 7) is -0.0508. The second-order valence-electron chi connectivity index (χ2n) is 3.09. The van der Waals surface area contributed by atoms with Crippen molar-refractivity contribution in [2.75, 3.05) is 19.6 Å². The van der Waals surface area contributed by atoms with Crippen LogP contribution in [-0.2, 0) is 14.4 Å². The molecule has 0 aromatic carbocycles. The molecule has 8 nitrogen and oxygen atoms in total. The minimum Gasteiger partial charge on any atom is -0.481 e. The van der Waals surface area contributed by atoms with Gasteiger partial charge in [-0.05, 0) is 0 Å². The summed E-state index contributed by atoms with van der Waals surface area (Å²) in [6.07, 6.45) is -0.0951. The number of primary amides is 1. The number of nitrogens with two attached hydrogens (primary N) is 1. The van der Waals surface area contributed by atoms with E-state index in [4.69, 9.17) is 15.9 Å². The van der Waals surface area contributed by atoms with E-state index >= 15 is 0 Å². The van der Waals surface area contributed by atoms with Crippen LogP contribution >= 0.6 is 0 Å². The minimum atomic E-state index is -1.14. The summed E-state index contributed by atoms with van der Waals surface area (Å²) < 4.78 is 0. The second-order valence-corrected chi connectivity index (χ2v) is 3.09. The van der Waals surface area contributed by atoms with Crippen LogP contribution in [0.15, 0.2) is 0 Å². The molecule has 0 aromatic heterocycles. The highest BCUT2D eigenvalue weighted by molar-refractivity contribution is 5.78. The predicted molar refractivity (Wildman–Crippen MR) is 53.7 cm³/mol. The molecule has 92 valence electrons. The summed E-state index contributed by atoms with van der Waals surface area (Å²) in [5.74, 6) is -2.76. The van der Waals surface area contributed by atoms with Crippen molar-refractivity contribution in [1.29, 1.82) is 0 Å². The van der Waals surface area contributed by atoms with Crippen molar-refractivity contribution in [2.45, 2.75) is 12.5 Å². The van der Waals surface area contributed by atoms with Gasteiger partial charge in [-0.2, -0.15) is 0 Å². The highest BCUT2D eigenvalue weighted by atomic mass is 16.4. The topological polar surface area (TPSA) is 142 Å². The molecule has 0 heterocycles. The molecule has 0 aliphatic rings. The van der Waals surface area contributed by atoms with Crippen LogP contribution in [0.25, 0.3) is 0 Å². The van der Waals surface area contributed by atoms with Gasteiger partial charge in [-0.1, -0.05) is 0 Å². The third kappa shape index (κ3) is 7.71. The molecule has 0 fully saturated rings. The molecule has 0 aliphatic carbocycles. The first-order chi connectivity index (χ1) is 7.43.